The Bertz CT molecular complexity index is 89.6. The van der Waals surface area contributed by atoms with Gasteiger partial charge in [-0.3, -0.25) is 0 Å². The van der Waals surface area contributed by atoms with Crippen molar-refractivity contribution in [3.8, 4) is 0 Å². The van der Waals surface area contributed by atoms with Crippen molar-refractivity contribution in [2.45, 2.75) is 33.7 Å². The van der Waals surface area contributed by atoms with Crippen molar-refractivity contribution in [3.63, 3.8) is 0 Å². The summed E-state index contributed by atoms with van der Waals surface area (Å²) in [6.45, 7) is 10.6. The zero-order valence-corrected chi connectivity index (χ0v) is 8.22. The Balaban J connectivity index is 3.52. The van der Waals surface area contributed by atoms with E-state index in [2.05, 4.69) is 33.0 Å². The first kappa shape index (κ1) is 10.9. The van der Waals surface area contributed by atoms with Crippen LogP contribution >= 0.6 is 0 Å². The number of nitrogens with one attached hydrogen (secondary N) is 1. The van der Waals surface area contributed by atoms with Crippen molar-refractivity contribution in [2.24, 2.45) is 17.6 Å². The first-order chi connectivity index (χ1) is 5.07. The summed E-state index contributed by atoms with van der Waals surface area (Å²) in [6, 6.07) is 0.572. The van der Waals surface area contributed by atoms with Crippen LogP contribution in [0.2, 0.25) is 0 Å². The molecule has 0 aliphatic rings. The molecule has 0 aromatic heterocycles. The van der Waals surface area contributed by atoms with Gasteiger partial charge in [0.25, 0.3) is 0 Å². The van der Waals surface area contributed by atoms with Gasteiger partial charge in [-0.15, -0.1) is 0 Å². The van der Waals surface area contributed by atoms with Gasteiger partial charge < -0.3 is 11.1 Å². The highest BCUT2D eigenvalue weighted by Crippen LogP contribution is 2.07. The molecule has 0 aliphatic heterocycles. The second-order valence-electron chi connectivity index (χ2n) is 3.80. The lowest BCUT2D eigenvalue weighted by Gasteiger charge is -2.20. The molecule has 0 fully saturated rings. The van der Waals surface area contributed by atoms with Gasteiger partial charge in [0, 0.05) is 6.04 Å². The molecule has 1 atom stereocenters. The summed E-state index contributed by atoms with van der Waals surface area (Å²) in [4.78, 5) is 0. The third-order valence-corrected chi connectivity index (χ3v) is 2.03. The SMILES string of the molecule is CC(C)NCC(CN)C(C)C. The monoisotopic (exact) mass is 158 g/mol. The Morgan fingerprint density at radius 3 is 2.00 bits per heavy atom. The molecule has 0 saturated heterocycles. The van der Waals surface area contributed by atoms with Gasteiger partial charge in [0.15, 0.2) is 0 Å². The fraction of sp³-hybridized carbons (Fsp3) is 1.00. The average molecular weight is 158 g/mol. The zero-order valence-electron chi connectivity index (χ0n) is 8.22. The summed E-state index contributed by atoms with van der Waals surface area (Å²) in [5.41, 5.74) is 5.62. The van der Waals surface area contributed by atoms with E-state index in [1.54, 1.807) is 0 Å². The van der Waals surface area contributed by atoms with Crippen molar-refractivity contribution in [1.82, 2.24) is 5.32 Å². The Kier molecular flexibility index (Phi) is 5.51. The van der Waals surface area contributed by atoms with Crippen molar-refractivity contribution >= 4 is 0 Å². The molecule has 2 nitrogen and oxygen atoms in total. The first-order valence-corrected chi connectivity index (χ1v) is 4.51. The van der Waals surface area contributed by atoms with Gasteiger partial charge in [0.1, 0.15) is 0 Å². The average Bonchev–Trinajstić information content (AvgIpc) is 1.87. The van der Waals surface area contributed by atoms with E-state index in [4.69, 9.17) is 5.73 Å². The molecule has 0 amide bonds. The molecule has 3 N–H and O–H groups in total. The Morgan fingerprint density at radius 2 is 1.73 bits per heavy atom. The lowest BCUT2D eigenvalue weighted by molar-refractivity contribution is 0.359. The molecule has 0 saturated carbocycles. The molecular formula is C9H22N2. The molecule has 0 rings (SSSR count). The number of nitrogens with two attached hydrogens (primary N) is 1. The highest BCUT2D eigenvalue weighted by Gasteiger charge is 2.10. The minimum Gasteiger partial charge on any atom is -0.330 e. The van der Waals surface area contributed by atoms with E-state index < -0.39 is 0 Å². The molecule has 11 heavy (non-hydrogen) atoms. The highest BCUT2D eigenvalue weighted by molar-refractivity contribution is 4.67. The van der Waals surface area contributed by atoms with Gasteiger partial charge in [0.05, 0.1) is 0 Å². The van der Waals surface area contributed by atoms with Crippen LogP contribution in [0, 0.1) is 11.8 Å². The van der Waals surface area contributed by atoms with Crippen LogP contribution in [-0.2, 0) is 0 Å². The van der Waals surface area contributed by atoms with Crippen LogP contribution in [0.4, 0.5) is 0 Å². The van der Waals surface area contributed by atoms with E-state index in [1.807, 2.05) is 0 Å². The smallest absolute Gasteiger partial charge is 0.00105 e. The van der Waals surface area contributed by atoms with Crippen molar-refractivity contribution in [1.29, 1.82) is 0 Å². The van der Waals surface area contributed by atoms with Crippen molar-refractivity contribution < 1.29 is 0 Å². The fourth-order valence-electron chi connectivity index (χ4n) is 0.978. The minimum absolute atomic E-state index is 0.572. The van der Waals surface area contributed by atoms with E-state index in [-0.39, 0.29) is 0 Å². The quantitative estimate of drug-likeness (QED) is 0.631. The number of hydrogen-bond donors (Lipinski definition) is 2. The van der Waals surface area contributed by atoms with Gasteiger partial charge in [-0.05, 0) is 24.9 Å². The van der Waals surface area contributed by atoms with Gasteiger partial charge in [-0.25, -0.2) is 0 Å². The maximum absolute atomic E-state index is 5.62. The summed E-state index contributed by atoms with van der Waals surface area (Å²) in [7, 11) is 0. The molecule has 0 spiro atoms. The van der Waals surface area contributed by atoms with Crippen molar-refractivity contribution in [3.05, 3.63) is 0 Å². The lowest BCUT2D eigenvalue weighted by Crippen LogP contribution is -2.35. The summed E-state index contributed by atoms with van der Waals surface area (Å²) < 4.78 is 0. The lowest BCUT2D eigenvalue weighted by atomic mass is 9.96. The third-order valence-electron chi connectivity index (χ3n) is 2.03. The minimum atomic E-state index is 0.572. The van der Waals surface area contributed by atoms with Crippen LogP contribution in [0.5, 0.6) is 0 Å². The summed E-state index contributed by atoms with van der Waals surface area (Å²) in [5, 5.41) is 3.40. The molecule has 0 radical (unpaired) electrons. The molecule has 0 aliphatic carbocycles. The molecule has 0 heterocycles. The van der Waals surface area contributed by atoms with E-state index in [1.165, 1.54) is 0 Å². The van der Waals surface area contributed by atoms with E-state index in [0.29, 0.717) is 17.9 Å². The molecule has 2 heteroatoms. The normalized spacial score (nSPS) is 14.5. The maximum atomic E-state index is 5.62. The van der Waals surface area contributed by atoms with Crippen LogP contribution in [0.1, 0.15) is 27.7 Å². The predicted octanol–water partition coefficient (Wildman–Crippen LogP) is 1.22. The van der Waals surface area contributed by atoms with Crippen LogP contribution in [0.15, 0.2) is 0 Å². The van der Waals surface area contributed by atoms with E-state index in [0.717, 1.165) is 13.1 Å². The molecular weight excluding hydrogens is 136 g/mol. The Morgan fingerprint density at radius 1 is 1.18 bits per heavy atom. The van der Waals surface area contributed by atoms with E-state index >= 15 is 0 Å². The van der Waals surface area contributed by atoms with Crippen LogP contribution in [0.3, 0.4) is 0 Å². The molecule has 0 bridgehead atoms. The summed E-state index contributed by atoms with van der Waals surface area (Å²) in [6.07, 6.45) is 0. The molecule has 68 valence electrons. The number of hydrogen-bond acceptors (Lipinski definition) is 2. The Hall–Kier alpha value is -0.0800. The molecule has 0 aromatic rings. The first-order valence-electron chi connectivity index (χ1n) is 4.51. The standard InChI is InChI=1S/C9H22N2/c1-7(2)9(5-10)6-11-8(3)4/h7-9,11H,5-6,10H2,1-4H3. The summed E-state index contributed by atoms with van der Waals surface area (Å²) in [5.74, 6) is 1.31. The second kappa shape index (κ2) is 5.56. The highest BCUT2D eigenvalue weighted by atomic mass is 14.9. The maximum Gasteiger partial charge on any atom is 0.00105 e. The third kappa shape index (κ3) is 5.22. The van der Waals surface area contributed by atoms with Crippen LogP contribution in [-0.4, -0.2) is 19.1 Å². The van der Waals surface area contributed by atoms with Gasteiger partial charge in [0.2, 0.25) is 0 Å². The summed E-state index contributed by atoms with van der Waals surface area (Å²) >= 11 is 0. The van der Waals surface area contributed by atoms with Crippen molar-refractivity contribution in [2.75, 3.05) is 13.1 Å². The molecule has 0 aromatic carbocycles. The zero-order chi connectivity index (χ0) is 8.85. The van der Waals surface area contributed by atoms with Crippen LogP contribution < -0.4 is 11.1 Å². The fourth-order valence-corrected chi connectivity index (χ4v) is 0.978. The molecule has 1 unspecified atom stereocenters. The van der Waals surface area contributed by atoms with Crippen LogP contribution in [0.25, 0.3) is 0 Å². The van der Waals surface area contributed by atoms with Gasteiger partial charge in [-0.1, -0.05) is 27.7 Å². The van der Waals surface area contributed by atoms with Gasteiger partial charge >= 0.3 is 0 Å². The van der Waals surface area contributed by atoms with E-state index in [9.17, 15) is 0 Å². The predicted molar refractivity (Wildman–Crippen MR) is 50.5 cm³/mol. The number of rotatable bonds is 5. The largest absolute Gasteiger partial charge is 0.330 e. The topological polar surface area (TPSA) is 38.0 Å². The van der Waals surface area contributed by atoms with Gasteiger partial charge in [-0.2, -0.15) is 0 Å². The second-order valence-corrected chi connectivity index (χ2v) is 3.80. The Labute approximate surface area is 70.5 Å².